The van der Waals surface area contributed by atoms with Gasteiger partial charge in [-0.15, -0.1) is 0 Å². The minimum Gasteiger partial charge on any atom is -0.478 e. The van der Waals surface area contributed by atoms with Crippen LogP contribution in [-0.4, -0.2) is 22.9 Å². The zero-order valence-electron chi connectivity index (χ0n) is 12.3. The van der Waals surface area contributed by atoms with E-state index in [2.05, 4.69) is 12.2 Å². The number of carboxylic acid groups (broad SMARTS) is 1. The number of hydrogen-bond acceptors (Lipinski definition) is 3. The average molecular weight is 309 g/mol. The highest BCUT2D eigenvalue weighted by Gasteiger charge is 2.67. The van der Waals surface area contributed by atoms with Crippen LogP contribution in [0, 0.1) is 35.5 Å². The Morgan fingerprint density at radius 2 is 1.48 bits per heavy atom. The molecule has 5 nitrogen and oxygen atoms in total. The smallest absolute Gasteiger partial charge is 0.335 e. The van der Waals surface area contributed by atoms with Gasteiger partial charge in [-0.3, -0.25) is 14.5 Å². The summed E-state index contributed by atoms with van der Waals surface area (Å²) in [5.74, 6) is -0.132. The van der Waals surface area contributed by atoms with Crippen LogP contribution in [0.25, 0.3) is 0 Å². The fourth-order valence-electron chi connectivity index (χ4n) is 4.96. The van der Waals surface area contributed by atoms with Crippen molar-refractivity contribution in [2.45, 2.75) is 6.42 Å². The lowest BCUT2D eigenvalue weighted by Crippen LogP contribution is -2.40. The number of hydrogen-bond donors (Lipinski definition) is 1. The van der Waals surface area contributed by atoms with Crippen molar-refractivity contribution < 1.29 is 19.5 Å². The highest BCUT2D eigenvalue weighted by atomic mass is 16.4. The molecule has 1 heterocycles. The van der Waals surface area contributed by atoms with Gasteiger partial charge in [0.15, 0.2) is 0 Å². The van der Waals surface area contributed by atoms with E-state index < -0.39 is 5.97 Å². The molecule has 6 atom stereocenters. The second kappa shape index (κ2) is 4.10. The summed E-state index contributed by atoms with van der Waals surface area (Å²) in [4.78, 5) is 38.0. The van der Waals surface area contributed by atoms with Crippen LogP contribution in [-0.2, 0) is 9.59 Å². The summed E-state index contributed by atoms with van der Waals surface area (Å²) >= 11 is 0. The molecule has 1 saturated heterocycles. The average Bonchev–Trinajstić information content (AvgIpc) is 3.32. The molecule has 2 amide bonds. The number of carbonyl (C=O) groups is 3. The SMILES string of the molecule is O=C(O)c1ccc(N2C(=O)[C@@H]3[C@@H]4C=C[C@H]([C@@H]5C[C@H]45)[C@@H]3C2=O)cc1. The maximum Gasteiger partial charge on any atom is 0.335 e. The topological polar surface area (TPSA) is 74.7 Å². The highest BCUT2D eigenvalue weighted by molar-refractivity contribution is 6.22. The Morgan fingerprint density at radius 3 is 1.96 bits per heavy atom. The van der Waals surface area contributed by atoms with E-state index in [1.54, 1.807) is 12.1 Å². The van der Waals surface area contributed by atoms with Gasteiger partial charge in [-0.05, 0) is 54.4 Å². The molecule has 116 valence electrons. The van der Waals surface area contributed by atoms with Gasteiger partial charge in [0.2, 0.25) is 11.8 Å². The standard InChI is InChI=1S/C18H15NO4/c20-16-14-10-5-6-11(13-7-12(10)13)15(14)17(21)19(16)9-3-1-8(2-4-9)18(22)23/h1-6,10-15H,7H2,(H,22,23)/t10-,11-,12-,13+,14-,15+/m1/s1. The van der Waals surface area contributed by atoms with Crippen molar-refractivity contribution in [3.05, 3.63) is 42.0 Å². The Hall–Kier alpha value is -2.43. The van der Waals surface area contributed by atoms with Crippen LogP contribution in [0.4, 0.5) is 5.69 Å². The van der Waals surface area contributed by atoms with Crippen molar-refractivity contribution in [3.63, 3.8) is 0 Å². The fourth-order valence-corrected chi connectivity index (χ4v) is 4.96. The zero-order valence-corrected chi connectivity index (χ0v) is 12.3. The summed E-state index contributed by atoms with van der Waals surface area (Å²) in [6, 6.07) is 5.97. The number of allylic oxidation sites excluding steroid dienone is 2. The molecule has 5 heteroatoms. The predicted molar refractivity (Wildman–Crippen MR) is 80.6 cm³/mol. The molecule has 0 radical (unpaired) electrons. The van der Waals surface area contributed by atoms with Gasteiger partial charge in [0, 0.05) is 0 Å². The molecule has 3 fully saturated rings. The quantitative estimate of drug-likeness (QED) is 0.669. The molecule has 0 unspecified atom stereocenters. The molecule has 5 aliphatic rings. The molecule has 2 saturated carbocycles. The summed E-state index contributed by atoms with van der Waals surface area (Å²) in [7, 11) is 0. The minimum atomic E-state index is -1.02. The summed E-state index contributed by atoms with van der Waals surface area (Å²) in [5, 5.41) is 8.97. The summed E-state index contributed by atoms with van der Waals surface area (Å²) in [6.07, 6.45) is 5.42. The Bertz CT molecular complexity index is 745. The maximum absolute atomic E-state index is 12.9. The predicted octanol–water partition coefficient (Wildman–Crippen LogP) is 1.94. The molecule has 2 bridgehead atoms. The van der Waals surface area contributed by atoms with Crippen molar-refractivity contribution in [1.29, 1.82) is 0 Å². The first kappa shape index (κ1) is 13.0. The summed E-state index contributed by atoms with van der Waals surface area (Å²) in [5.41, 5.74) is 0.626. The van der Waals surface area contributed by atoms with Crippen LogP contribution in [0.15, 0.2) is 36.4 Å². The van der Waals surface area contributed by atoms with E-state index in [1.807, 2.05) is 0 Å². The number of nitrogens with zero attached hydrogens (tertiary/aromatic N) is 1. The monoisotopic (exact) mass is 309 g/mol. The molecule has 4 aliphatic carbocycles. The van der Waals surface area contributed by atoms with Gasteiger partial charge in [-0.25, -0.2) is 4.79 Å². The molecular formula is C18H15NO4. The number of carboxylic acids is 1. The lowest BCUT2D eigenvalue weighted by Gasteiger charge is -2.37. The number of imide groups is 1. The lowest BCUT2D eigenvalue weighted by molar-refractivity contribution is -0.124. The summed E-state index contributed by atoms with van der Waals surface area (Å²) < 4.78 is 0. The van der Waals surface area contributed by atoms with Crippen molar-refractivity contribution in [3.8, 4) is 0 Å². The van der Waals surface area contributed by atoms with E-state index >= 15 is 0 Å². The van der Waals surface area contributed by atoms with Gasteiger partial charge in [0.1, 0.15) is 0 Å². The molecule has 0 aromatic heterocycles. The van der Waals surface area contributed by atoms with Gasteiger partial charge in [0.25, 0.3) is 0 Å². The number of aromatic carboxylic acids is 1. The molecule has 1 aromatic carbocycles. The molecular weight excluding hydrogens is 294 g/mol. The van der Waals surface area contributed by atoms with Gasteiger partial charge >= 0.3 is 5.97 Å². The third kappa shape index (κ3) is 1.54. The van der Waals surface area contributed by atoms with E-state index in [9.17, 15) is 14.4 Å². The Labute approximate surface area is 132 Å². The first-order chi connectivity index (χ1) is 11.1. The third-order valence-electron chi connectivity index (χ3n) is 6.04. The molecule has 1 N–H and O–H groups in total. The lowest BCUT2D eigenvalue weighted by atomic mass is 9.63. The van der Waals surface area contributed by atoms with E-state index in [-0.39, 0.29) is 41.0 Å². The molecule has 23 heavy (non-hydrogen) atoms. The van der Waals surface area contributed by atoms with Crippen LogP contribution in [0.3, 0.4) is 0 Å². The van der Waals surface area contributed by atoms with E-state index in [0.29, 0.717) is 17.5 Å². The van der Waals surface area contributed by atoms with Crippen molar-refractivity contribution in [1.82, 2.24) is 0 Å². The van der Waals surface area contributed by atoms with Gasteiger partial charge in [0.05, 0.1) is 23.1 Å². The Kier molecular flexibility index (Phi) is 2.33. The first-order valence-corrected chi connectivity index (χ1v) is 7.97. The van der Waals surface area contributed by atoms with Gasteiger partial charge in [-0.2, -0.15) is 0 Å². The number of carbonyl (C=O) groups excluding carboxylic acids is 2. The van der Waals surface area contributed by atoms with Crippen LogP contribution in [0.2, 0.25) is 0 Å². The van der Waals surface area contributed by atoms with E-state index in [0.717, 1.165) is 6.42 Å². The van der Waals surface area contributed by atoms with Crippen LogP contribution < -0.4 is 4.90 Å². The number of benzene rings is 1. The largest absolute Gasteiger partial charge is 0.478 e. The summed E-state index contributed by atoms with van der Waals surface area (Å²) in [6.45, 7) is 0. The fraction of sp³-hybridized carbons (Fsp3) is 0.389. The second-order valence-electron chi connectivity index (χ2n) is 7.02. The van der Waals surface area contributed by atoms with E-state index in [4.69, 9.17) is 5.11 Å². The van der Waals surface area contributed by atoms with Crippen molar-refractivity contribution >= 4 is 23.5 Å². The number of amides is 2. The Balaban J connectivity index is 1.53. The highest BCUT2D eigenvalue weighted by Crippen LogP contribution is 2.65. The second-order valence-corrected chi connectivity index (χ2v) is 7.02. The van der Waals surface area contributed by atoms with Crippen molar-refractivity contribution in [2.75, 3.05) is 4.90 Å². The third-order valence-corrected chi connectivity index (χ3v) is 6.04. The maximum atomic E-state index is 12.9. The Morgan fingerprint density at radius 1 is 0.957 bits per heavy atom. The minimum absolute atomic E-state index is 0.118. The van der Waals surface area contributed by atoms with Crippen molar-refractivity contribution in [2.24, 2.45) is 35.5 Å². The van der Waals surface area contributed by atoms with E-state index in [1.165, 1.54) is 17.0 Å². The molecule has 6 rings (SSSR count). The zero-order chi connectivity index (χ0) is 15.9. The molecule has 0 spiro atoms. The normalized spacial score (nSPS) is 39.4. The van der Waals surface area contributed by atoms with Gasteiger partial charge < -0.3 is 5.11 Å². The number of anilines is 1. The van der Waals surface area contributed by atoms with Crippen LogP contribution in [0.1, 0.15) is 16.8 Å². The van der Waals surface area contributed by atoms with Crippen LogP contribution in [0.5, 0.6) is 0 Å². The molecule has 1 aliphatic heterocycles. The van der Waals surface area contributed by atoms with Crippen LogP contribution >= 0.6 is 0 Å². The van der Waals surface area contributed by atoms with Gasteiger partial charge in [-0.1, -0.05) is 12.2 Å². The molecule has 1 aromatic rings. The number of rotatable bonds is 2. The first-order valence-electron chi connectivity index (χ1n) is 7.97.